The van der Waals surface area contributed by atoms with Gasteiger partial charge in [0.15, 0.2) is 11.5 Å². The molecule has 13 nitrogen and oxygen atoms in total. The van der Waals surface area contributed by atoms with Crippen LogP contribution in [0.5, 0.6) is 0 Å². The number of anilines is 1. The number of carbonyl (C=O) groups excluding carboxylic acids is 1. The van der Waals surface area contributed by atoms with E-state index in [0.29, 0.717) is 21.8 Å². The van der Waals surface area contributed by atoms with Crippen LogP contribution in [-0.2, 0) is 40.8 Å². The van der Waals surface area contributed by atoms with E-state index < -0.39 is 80.9 Å². The summed E-state index contributed by atoms with van der Waals surface area (Å²) in [4.78, 5) is 30.7. The molecule has 0 unspecified atom stereocenters. The van der Waals surface area contributed by atoms with Gasteiger partial charge in [0.25, 0.3) is 5.92 Å². The molecule has 0 radical (unpaired) electrons. The van der Waals surface area contributed by atoms with Crippen molar-refractivity contribution in [3.05, 3.63) is 93.0 Å². The standard InChI is InChI=1S/C37H32ClF4N7O6S/c1-36(2,53)10-9-20-5-6-21(22-7-8-25(38)29-32(22)48(3)46-34(29)47-56(4,54)55)30(43-20)26(13-17-11-18(39)14-19(40)12-17)44-27(50)16-49-33-28(31(45-49)35(51)52)23-15-24(23)37(33,41)42/h5-8,11-12,14,23-24,26,53H,13,15-16H2,1-4H3,(H,44,50)(H,46,47)(H,51,52)/t23-,24+,26-/m0/s1. The van der Waals surface area contributed by atoms with Crippen LogP contribution in [0.15, 0.2) is 42.5 Å². The van der Waals surface area contributed by atoms with Gasteiger partial charge in [0.2, 0.25) is 15.9 Å². The summed E-state index contributed by atoms with van der Waals surface area (Å²) in [6.07, 6.45) is 0.711. The SMILES string of the molecule is Cn1nc(NS(C)(=O)=O)c2c(Cl)ccc(-c3ccc(C#CC(C)(C)O)nc3[C@H](Cc3cc(F)cc(F)c3)NC(=O)Cn3nc(C(=O)O)c4c3C(F)(F)[C@@H]3C[C@H]43)c21. The van der Waals surface area contributed by atoms with Crippen molar-refractivity contribution in [2.75, 3.05) is 11.0 Å². The lowest BCUT2D eigenvalue weighted by molar-refractivity contribution is -0.123. The summed E-state index contributed by atoms with van der Waals surface area (Å²) in [5.41, 5.74) is -1.60. The number of fused-ring (bicyclic) bond motifs is 4. The number of halogens is 5. The van der Waals surface area contributed by atoms with Crippen LogP contribution < -0.4 is 10.0 Å². The lowest BCUT2D eigenvalue weighted by atomic mass is 9.93. The number of aryl methyl sites for hydroxylation is 1. The molecule has 1 fully saturated rings. The third-order valence-corrected chi connectivity index (χ3v) is 10.3. The molecule has 292 valence electrons. The van der Waals surface area contributed by atoms with E-state index in [1.807, 2.05) is 0 Å². The molecule has 5 aromatic rings. The maximum atomic E-state index is 15.4. The highest BCUT2D eigenvalue weighted by Crippen LogP contribution is 2.67. The minimum Gasteiger partial charge on any atom is -0.476 e. The Morgan fingerprint density at radius 1 is 1.11 bits per heavy atom. The summed E-state index contributed by atoms with van der Waals surface area (Å²) in [5, 5.41) is 31.4. The van der Waals surface area contributed by atoms with E-state index >= 15 is 8.78 Å². The van der Waals surface area contributed by atoms with Gasteiger partial charge in [-0.25, -0.2) is 27.0 Å². The first kappa shape index (κ1) is 38.8. The van der Waals surface area contributed by atoms with Crippen molar-refractivity contribution in [3.8, 4) is 23.0 Å². The average Bonchev–Trinajstić information content (AvgIpc) is 3.62. The number of pyridine rings is 1. The number of aromatic nitrogens is 5. The molecule has 19 heteroatoms. The van der Waals surface area contributed by atoms with Gasteiger partial charge >= 0.3 is 5.97 Å². The Kier molecular flexibility index (Phi) is 9.41. The van der Waals surface area contributed by atoms with Gasteiger partial charge in [-0.05, 0) is 74.4 Å². The summed E-state index contributed by atoms with van der Waals surface area (Å²) in [6, 6.07) is 7.62. The average molecular weight is 814 g/mol. The number of hydrogen-bond donors (Lipinski definition) is 4. The van der Waals surface area contributed by atoms with E-state index in [4.69, 9.17) is 16.6 Å². The van der Waals surface area contributed by atoms with E-state index in [9.17, 15) is 37.0 Å². The number of carbonyl (C=O) groups is 2. The largest absolute Gasteiger partial charge is 0.476 e. The number of hydrogen-bond acceptors (Lipinski definition) is 8. The number of alkyl halides is 2. The Labute approximate surface area is 321 Å². The highest BCUT2D eigenvalue weighted by atomic mass is 35.5. The molecule has 1 saturated carbocycles. The first-order chi connectivity index (χ1) is 26.1. The summed E-state index contributed by atoms with van der Waals surface area (Å²) in [7, 11) is -2.28. The van der Waals surface area contributed by atoms with E-state index in [-0.39, 0.29) is 57.1 Å². The predicted molar refractivity (Wildman–Crippen MR) is 195 cm³/mol. The van der Waals surface area contributed by atoms with Crippen molar-refractivity contribution in [1.29, 1.82) is 0 Å². The fraction of sp³-hybridized carbons (Fsp3) is 0.324. The smallest absolute Gasteiger partial charge is 0.356 e. The van der Waals surface area contributed by atoms with Gasteiger partial charge in [0.1, 0.15) is 35.2 Å². The lowest BCUT2D eigenvalue weighted by Gasteiger charge is -2.23. The van der Waals surface area contributed by atoms with Crippen LogP contribution in [0.1, 0.15) is 70.9 Å². The number of sulfonamides is 1. The highest BCUT2D eigenvalue weighted by Gasteiger charge is 2.67. The Morgan fingerprint density at radius 3 is 2.43 bits per heavy atom. The third-order valence-electron chi connectivity index (χ3n) is 9.39. The molecule has 4 N–H and O–H groups in total. The first-order valence-corrected chi connectivity index (χ1v) is 19.2. The van der Waals surface area contributed by atoms with Crippen LogP contribution >= 0.6 is 11.6 Å². The monoisotopic (exact) mass is 813 g/mol. The number of rotatable bonds is 10. The van der Waals surface area contributed by atoms with Gasteiger partial charge in [-0.1, -0.05) is 23.6 Å². The number of aliphatic hydroxyl groups is 1. The number of carboxylic acid groups (broad SMARTS) is 1. The van der Waals surface area contributed by atoms with Crippen molar-refractivity contribution in [3.63, 3.8) is 0 Å². The molecule has 1 amide bonds. The number of benzene rings is 2. The van der Waals surface area contributed by atoms with Crippen LogP contribution in [-0.4, -0.2) is 66.9 Å². The van der Waals surface area contributed by atoms with Crippen molar-refractivity contribution in [2.45, 2.75) is 56.7 Å². The summed E-state index contributed by atoms with van der Waals surface area (Å²) >= 11 is 6.58. The van der Waals surface area contributed by atoms with Gasteiger partial charge in [-0.3, -0.25) is 18.9 Å². The molecule has 2 aliphatic carbocycles. The maximum absolute atomic E-state index is 15.4. The number of nitrogens with zero attached hydrogens (tertiary/aromatic N) is 5. The quantitative estimate of drug-likeness (QED) is 0.108. The molecule has 0 bridgehead atoms. The summed E-state index contributed by atoms with van der Waals surface area (Å²) in [5.74, 6) is -4.18. The normalized spacial score (nSPS) is 17.5. The van der Waals surface area contributed by atoms with Crippen molar-refractivity contribution in [2.24, 2.45) is 13.0 Å². The maximum Gasteiger partial charge on any atom is 0.356 e. The molecule has 3 aromatic heterocycles. The van der Waals surface area contributed by atoms with Gasteiger partial charge in [0.05, 0.1) is 33.9 Å². The van der Waals surface area contributed by atoms with Crippen LogP contribution in [0.2, 0.25) is 5.02 Å². The van der Waals surface area contributed by atoms with Crippen LogP contribution in [0.4, 0.5) is 23.4 Å². The molecule has 3 heterocycles. The third kappa shape index (κ3) is 7.41. The molecule has 0 saturated heterocycles. The molecule has 2 aromatic carbocycles. The van der Waals surface area contributed by atoms with Crippen LogP contribution in [0, 0.1) is 29.4 Å². The van der Waals surface area contributed by atoms with Crippen LogP contribution in [0.25, 0.3) is 22.0 Å². The van der Waals surface area contributed by atoms with E-state index in [1.165, 1.54) is 37.7 Å². The molecular weight excluding hydrogens is 782 g/mol. The summed E-state index contributed by atoms with van der Waals surface area (Å²) in [6.45, 7) is 2.04. The number of aromatic carboxylic acids is 1. The molecule has 0 spiro atoms. The first-order valence-electron chi connectivity index (χ1n) is 17.0. The van der Waals surface area contributed by atoms with Crippen molar-refractivity contribution in [1.82, 2.24) is 29.9 Å². The van der Waals surface area contributed by atoms with E-state index in [1.54, 1.807) is 12.1 Å². The minimum atomic E-state index is -3.82. The zero-order valence-electron chi connectivity index (χ0n) is 30.0. The van der Waals surface area contributed by atoms with Crippen molar-refractivity contribution < 1.29 is 45.8 Å². The predicted octanol–water partition coefficient (Wildman–Crippen LogP) is 5.26. The second-order valence-electron chi connectivity index (χ2n) is 14.4. The van der Waals surface area contributed by atoms with Gasteiger partial charge in [-0.15, -0.1) is 0 Å². The number of amides is 1. The Bertz CT molecular complexity index is 2640. The Hall–Kier alpha value is -5.51. The molecule has 0 aliphatic heterocycles. The number of carboxylic acids is 1. The second-order valence-corrected chi connectivity index (χ2v) is 16.5. The zero-order chi connectivity index (χ0) is 40.6. The fourth-order valence-corrected chi connectivity index (χ4v) is 7.93. The fourth-order valence-electron chi connectivity index (χ4n) is 7.20. The van der Waals surface area contributed by atoms with Gasteiger partial charge in [0, 0.05) is 35.7 Å². The Balaban J connectivity index is 1.39. The number of nitrogens with one attached hydrogen (secondary N) is 2. The topological polar surface area (TPSA) is 181 Å². The molecule has 2 aliphatic rings. The van der Waals surface area contributed by atoms with Gasteiger partial charge < -0.3 is 15.5 Å². The second kappa shape index (κ2) is 13.6. The molecule has 56 heavy (non-hydrogen) atoms. The van der Waals surface area contributed by atoms with E-state index in [2.05, 4.69) is 32.1 Å². The molecule has 7 rings (SSSR count). The van der Waals surface area contributed by atoms with Crippen molar-refractivity contribution >= 4 is 50.2 Å². The minimum absolute atomic E-state index is 0.0523. The van der Waals surface area contributed by atoms with Gasteiger partial charge in [-0.2, -0.15) is 19.0 Å². The Morgan fingerprint density at radius 2 is 1.79 bits per heavy atom. The lowest BCUT2D eigenvalue weighted by Crippen LogP contribution is -2.35. The molecule has 3 atom stereocenters. The molecular formula is C37H32ClF4N7O6S. The zero-order valence-corrected chi connectivity index (χ0v) is 31.5. The summed E-state index contributed by atoms with van der Waals surface area (Å²) < 4.78 is 88.8. The van der Waals surface area contributed by atoms with E-state index in [0.717, 1.165) is 18.4 Å². The highest BCUT2D eigenvalue weighted by molar-refractivity contribution is 7.92. The van der Waals surface area contributed by atoms with Crippen LogP contribution in [0.3, 0.4) is 0 Å².